The van der Waals surface area contributed by atoms with Gasteiger partial charge in [0, 0.05) is 31.1 Å². The van der Waals surface area contributed by atoms with Gasteiger partial charge in [0.15, 0.2) is 5.65 Å². The minimum Gasteiger partial charge on any atom is -0.355 e. The van der Waals surface area contributed by atoms with Crippen molar-refractivity contribution in [2.45, 2.75) is 12.8 Å². The number of hydrogen-bond donors (Lipinski definition) is 1. The third-order valence-corrected chi connectivity index (χ3v) is 4.76. The average molecular weight is 385 g/mol. The molecule has 0 radical (unpaired) electrons. The van der Waals surface area contributed by atoms with Crippen LogP contribution in [0.5, 0.6) is 0 Å². The Morgan fingerprint density at radius 3 is 2.79 bits per heavy atom. The number of hydrogen-bond acceptors (Lipinski definition) is 7. The number of halogens is 1. The minimum absolute atomic E-state index is 0.179. The lowest BCUT2D eigenvalue weighted by molar-refractivity contribution is -0.384. The van der Waals surface area contributed by atoms with Crippen LogP contribution < -0.4 is 10.2 Å². The van der Waals surface area contributed by atoms with E-state index in [4.69, 9.17) is 0 Å². The maximum absolute atomic E-state index is 13.9. The van der Waals surface area contributed by atoms with E-state index in [0.717, 1.165) is 24.0 Å². The number of nitrogens with zero attached hydrogens (tertiary/aromatic N) is 6. The molecule has 0 bridgehead atoms. The molecule has 1 fully saturated rings. The van der Waals surface area contributed by atoms with Crippen LogP contribution in [0.3, 0.4) is 0 Å². The number of non-ortho nitro benzene ring substituents is 1. The van der Waals surface area contributed by atoms with Crippen molar-refractivity contribution in [2.24, 2.45) is 5.92 Å². The number of nitro groups is 1. The van der Waals surface area contributed by atoms with Gasteiger partial charge in [-0.1, -0.05) is 0 Å². The van der Waals surface area contributed by atoms with Crippen molar-refractivity contribution in [3.63, 3.8) is 0 Å². The number of carbonyl (C=O) groups is 1. The lowest BCUT2D eigenvalue weighted by atomic mass is 9.95. The molecule has 1 aromatic carbocycles. The lowest BCUT2D eigenvalue weighted by Gasteiger charge is -2.32. The van der Waals surface area contributed by atoms with E-state index < -0.39 is 10.7 Å². The number of benzene rings is 1. The molecule has 1 N–H and O–H groups in total. The second-order valence-electron chi connectivity index (χ2n) is 6.50. The standard InChI is InChI=1S/C17H16FN7O3/c18-13-2-1-12(25(27)28)9-14(13)20-17(26)11-5-7-23(8-6-11)16-4-3-15-21-19-10-24(15)22-16/h1-4,9-11H,5-8H2,(H,20,26). The SMILES string of the molecule is O=C(Nc1cc([N+](=O)[O-])ccc1F)C1CCN(c2ccc3nncn3n2)CC1. The van der Waals surface area contributed by atoms with Crippen LogP contribution >= 0.6 is 0 Å². The Hall–Kier alpha value is -3.63. The number of fused-ring (bicyclic) bond motifs is 1. The Bertz CT molecular complexity index is 1050. The largest absolute Gasteiger partial charge is 0.355 e. The number of anilines is 2. The smallest absolute Gasteiger partial charge is 0.271 e. The zero-order valence-corrected chi connectivity index (χ0v) is 14.7. The zero-order valence-electron chi connectivity index (χ0n) is 14.7. The maximum Gasteiger partial charge on any atom is 0.271 e. The monoisotopic (exact) mass is 385 g/mol. The van der Waals surface area contributed by atoms with Crippen molar-refractivity contribution in [1.29, 1.82) is 0 Å². The Labute approximate surface area is 158 Å². The van der Waals surface area contributed by atoms with Crippen molar-refractivity contribution in [2.75, 3.05) is 23.3 Å². The summed E-state index contributed by atoms with van der Waals surface area (Å²) in [5.41, 5.74) is 0.195. The van der Waals surface area contributed by atoms with E-state index in [1.165, 1.54) is 6.33 Å². The first-order valence-corrected chi connectivity index (χ1v) is 8.68. The van der Waals surface area contributed by atoms with Gasteiger partial charge in [-0.25, -0.2) is 4.39 Å². The van der Waals surface area contributed by atoms with E-state index in [1.54, 1.807) is 4.52 Å². The van der Waals surface area contributed by atoms with E-state index in [9.17, 15) is 19.3 Å². The highest BCUT2D eigenvalue weighted by molar-refractivity contribution is 5.93. The maximum atomic E-state index is 13.9. The van der Waals surface area contributed by atoms with Crippen LogP contribution in [-0.4, -0.2) is 43.7 Å². The Kier molecular flexibility index (Phi) is 4.55. The van der Waals surface area contributed by atoms with Gasteiger partial charge in [0.05, 0.1) is 10.6 Å². The predicted molar refractivity (Wildman–Crippen MR) is 97.4 cm³/mol. The Morgan fingerprint density at radius 2 is 2.04 bits per heavy atom. The van der Waals surface area contributed by atoms with Crippen LogP contribution in [0.4, 0.5) is 21.6 Å². The number of nitro benzene ring substituents is 1. The minimum atomic E-state index is -0.706. The second kappa shape index (κ2) is 7.18. The van der Waals surface area contributed by atoms with Gasteiger partial charge in [-0.3, -0.25) is 14.9 Å². The van der Waals surface area contributed by atoms with Crippen LogP contribution in [-0.2, 0) is 4.79 Å². The molecule has 0 aliphatic carbocycles. The van der Waals surface area contributed by atoms with Gasteiger partial charge >= 0.3 is 0 Å². The van der Waals surface area contributed by atoms with Crippen molar-refractivity contribution in [3.05, 3.63) is 52.6 Å². The van der Waals surface area contributed by atoms with E-state index in [0.29, 0.717) is 31.6 Å². The van der Waals surface area contributed by atoms with E-state index >= 15 is 0 Å². The quantitative estimate of drug-likeness (QED) is 0.539. The highest BCUT2D eigenvalue weighted by Crippen LogP contribution is 2.25. The van der Waals surface area contributed by atoms with Crippen LogP contribution in [0, 0.1) is 21.8 Å². The van der Waals surface area contributed by atoms with Crippen LogP contribution in [0.2, 0.25) is 0 Å². The topological polar surface area (TPSA) is 119 Å². The molecule has 4 rings (SSSR count). The van der Waals surface area contributed by atoms with Gasteiger partial charge in [0.1, 0.15) is 18.0 Å². The highest BCUT2D eigenvalue weighted by Gasteiger charge is 2.27. The van der Waals surface area contributed by atoms with Crippen LogP contribution in [0.15, 0.2) is 36.7 Å². The molecule has 1 aliphatic heterocycles. The number of aromatic nitrogens is 4. The molecule has 28 heavy (non-hydrogen) atoms. The van der Waals surface area contributed by atoms with Gasteiger partial charge in [-0.15, -0.1) is 15.3 Å². The van der Waals surface area contributed by atoms with Crippen molar-refractivity contribution >= 4 is 28.7 Å². The molecule has 0 spiro atoms. The Morgan fingerprint density at radius 1 is 1.25 bits per heavy atom. The molecule has 3 heterocycles. The third-order valence-electron chi connectivity index (χ3n) is 4.76. The summed E-state index contributed by atoms with van der Waals surface area (Å²) in [6.07, 6.45) is 2.64. The van der Waals surface area contributed by atoms with Gasteiger partial charge in [-0.05, 0) is 31.0 Å². The summed E-state index contributed by atoms with van der Waals surface area (Å²) in [6.45, 7) is 1.21. The fourth-order valence-corrected chi connectivity index (χ4v) is 3.22. The molecule has 1 amide bonds. The molecular formula is C17H16FN7O3. The molecule has 0 saturated carbocycles. The molecule has 0 unspecified atom stereocenters. The number of nitrogens with one attached hydrogen (secondary N) is 1. The lowest BCUT2D eigenvalue weighted by Crippen LogP contribution is -2.38. The van der Waals surface area contributed by atoms with E-state index in [-0.39, 0.29) is 23.2 Å². The summed E-state index contributed by atoms with van der Waals surface area (Å²) in [5, 5.41) is 25.5. The molecule has 2 aromatic heterocycles. The molecule has 1 saturated heterocycles. The Balaban J connectivity index is 1.40. The fraction of sp³-hybridized carbons (Fsp3) is 0.294. The van der Waals surface area contributed by atoms with E-state index in [2.05, 4.69) is 25.5 Å². The normalized spacial score (nSPS) is 15.0. The molecule has 11 heteroatoms. The molecule has 144 valence electrons. The number of carbonyl (C=O) groups excluding carboxylic acids is 1. The first-order chi connectivity index (χ1) is 13.5. The number of amides is 1. The van der Waals surface area contributed by atoms with Crippen molar-refractivity contribution < 1.29 is 14.1 Å². The zero-order chi connectivity index (χ0) is 19.7. The molecule has 10 nitrogen and oxygen atoms in total. The van der Waals surface area contributed by atoms with Gasteiger partial charge in [-0.2, -0.15) is 4.52 Å². The van der Waals surface area contributed by atoms with Gasteiger partial charge < -0.3 is 10.2 Å². The average Bonchev–Trinajstić information content (AvgIpc) is 3.17. The van der Waals surface area contributed by atoms with Crippen molar-refractivity contribution in [1.82, 2.24) is 19.8 Å². The van der Waals surface area contributed by atoms with Gasteiger partial charge in [0.25, 0.3) is 5.69 Å². The molecule has 0 atom stereocenters. The summed E-state index contributed by atoms with van der Waals surface area (Å²) < 4.78 is 15.5. The summed E-state index contributed by atoms with van der Waals surface area (Å²) in [4.78, 5) is 24.7. The predicted octanol–water partition coefficient (Wildman–Crippen LogP) is 2.03. The molecule has 3 aromatic rings. The van der Waals surface area contributed by atoms with Crippen LogP contribution in [0.1, 0.15) is 12.8 Å². The van der Waals surface area contributed by atoms with Crippen molar-refractivity contribution in [3.8, 4) is 0 Å². The summed E-state index contributed by atoms with van der Waals surface area (Å²) in [7, 11) is 0. The summed E-state index contributed by atoms with van der Waals surface area (Å²) in [5.74, 6) is -0.603. The second-order valence-corrected chi connectivity index (χ2v) is 6.50. The number of piperidine rings is 1. The first kappa shape index (κ1) is 17.8. The number of rotatable bonds is 4. The summed E-state index contributed by atoms with van der Waals surface area (Å²) >= 11 is 0. The fourth-order valence-electron chi connectivity index (χ4n) is 3.22. The van der Waals surface area contributed by atoms with Gasteiger partial charge in [0.2, 0.25) is 5.91 Å². The highest BCUT2D eigenvalue weighted by atomic mass is 19.1. The third kappa shape index (κ3) is 3.46. The molecule has 1 aliphatic rings. The van der Waals surface area contributed by atoms with E-state index in [1.807, 2.05) is 12.1 Å². The molecular weight excluding hydrogens is 369 g/mol. The summed E-state index contributed by atoms with van der Waals surface area (Å²) in [6, 6.07) is 6.73. The first-order valence-electron chi connectivity index (χ1n) is 8.68. The van der Waals surface area contributed by atoms with Crippen LogP contribution in [0.25, 0.3) is 5.65 Å².